The summed E-state index contributed by atoms with van der Waals surface area (Å²) in [5.41, 5.74) is 2.96. The van der Waals surface area contributed by atoms with Crippen LogP contribution >= 0.6 is 11.8 Å². The minimum Gasteiger partial charge on any atom is -0.480 e. The molecule has 3 aromatic carbocycles. The van der Waals surface area contributed by atoms with Crippen molar-refractivity contribution in [3.05, 3.63) is 77.4 Å². The standard InChI is InChI=1S/C28H29F2N3O3S/c1-4-5-6-23(27(35)36)31-26(34)19-10-8-17(14-20(19)29)18-9-11-22(21(30)15-18)32-28-33(3)24-12-7-16(2)13-25(24)37-28/h7-15,23,28,32H,4-6H2,1-3H3,(H,31,34)(H,35,36). The molecule has 37 heavy (non-hydrogen) atoms. The van der Waals surface area contributed by atoms with Crippen molar-refractivity contribution in [1.82, 2.24) is 5.32 Å². The van der Waals surface area contributed by atoms with Gasteiger partial charge in [0.2, 0.25) is 0 Å². The molecule has 3 N–H and O–H groups in total. The number of nitrogens with zero attached hydrogens (tertiary/aromatic N) is 1. The molecule has 2 atom stereocenters. The van der Waals surface area contributed by atoms with Gasteiger partial charge in [-0.2, -0.15) is 0 Å². The first-order chi connectivity index (χ1) is 17.7. The van der Waals surface area contributed by atoms with E-state index in [9.17, 15) is 19.1 Å². The number of carbonyl (C=O) groups is 2. The number of fused-ring (bicyclic) bond motifs is 1. The SMILES string of the molecule is CCCCC(NC(=O)c1ccc(-c2ccc(NC3Sc4cc(C)ccc4N3C)c(F)c2)cc1F)C(=O)O. The average Bonchev–Trinajstić information content (AvgIpc) is 3.16. The second-order valence-corrected chi connectivity index (χ2v) is 10.2. The molecule has 0 bridgehead atoms. The molecule has 0 fully saturated rings. The van der Waals surface area contributed by atoms with Gasteiger partial charge in [0.05, 0.1) is 16.9 Å². The van der Waals surface area contributed by atoms with Gasteiger partial charge in [-0.1, -0.05) is 49.7 Å². The molecule has 6 nitrogen and oxygen atoms in total. The van der Waals surface area contributed by atoms with E-state index in [0.29, 0.717) is 23.2 Å². The number of hydrogen-bond acceptors (Lipinski definition) is 5. The number of thioether (sulfide) groups is 1. The van der Waals surface area contributed by atoms with Crippen LogP contribution in [0.4, 0.5) is 20.2 Å². The van der Waals surface area contributed by atoms with Crippen LogP contribution in [0.25, 0.3) is 11.1 Å². The highest BCUT2D eigenvalue weighted by atomic mass is 32.2. The van der Waals surface area contributed by atoms with Gasteiger partial charge in [-0.05, 0) is 66.4 Å². The monoisotopic (exact) mass is 525 g/mol. The number of carboxylic acid groups (broad SMARTS) is 1. The van der Waals surface area contributed by atoms with Crippen LogP contribution < -0.4 is 15.5 Å². The van der Waals surface area contributed by atoms with Crippen molar-refractivity contribution >= 4 is 35.0 Å². The highest BCUT2D eigenvalue weighted by Crippen LogP contribution is 2.43. The van der Waals surface area contributed by atoms with E-state index in [1.54, 1.807) is 23.9 Å². The zero-order chi connectivity index (χ0) is 26.7. The highest BCUT2D eigenvalue weighted by Gasteiger charge is 2.28. The number of unbranched alkanes of at least 4 members (excludes halogenated alkanes) is 1. The van der Waals surface area contributed by atoms with Crippen LogP contribution in [0.5, 0.6) is 0 Å². The summed E-state index contributed by atoms with van der Waals surface area (Å²) in [5.74, 6) is -3.26. The molecule has 0 radical (unpaired) electrons. The van der Waals surface area contributed by atoms with Crippen molar-refractivity contribution in [2.75, 3.05) is 17.3 Å². The molecular formula is C28H29F2N3O3S. The van der Waals surface area contributed by atoms with Crippen LogP contribution in [0.2, 0.25) is 0 Å². The summed E-state index contributed by atoms with van der Waals surface area (Å²) in [4.78, 5) is 27.1. The van der Waals surface area contributed by atoms with Crippen molar-refractivity contribution in [3.8, 4) is 11.1 Å². The summed E-state index contributed by atoms with van der Waals surface area (Å²) in [6.45, 7) is 3.94. The third kappa shape index (κ3) is 5.88. The van der Waals surface area contributed by atoms with Crippen LogP contribution in [0.15, 0.2) is 59.5 Å². The molecule has 1 aliphatic heterocycles. The van der Waals surface area contributed by atoms with Gasteiger partial charge in [0.25, 0.3) is 5.91 Å². The maximum atomic E-state index is 15.0. The summed E-state index contributed by atoms with van der Waals surface area (Å²) in [7, 11) is 1.95. The predicted molar refractivity (Wildman–Crippen MR) is 143 cm³/mol. The first-order valence-electron chi connectivity index (χ1n) is 12.1. The second-order valence-electron chi connectivity index (χ2n) is 9.09. The third-order valence-electron chi connectivity index (χ3n) is 6.33. The first kappa shape index (κ1) is 26.5. The lowest BCUT2D eigenvalue weighted by Crippen LogP contribution is -2.41. The van der Waals surface area contributed by atoms with Gasteiger partial charge < -0.3 is 20.6 Å². The van der Waals surface area contributed by atoms with Crippen molar-refractivity contribution in [1.29, 1.82) is 0 Å². The fourth-order valence-electron chi connectivity index (χ4n) is 4.18. The van der Waals surface area contributed by atoms with Gasteiger partial charge in [-0.3, -0.25) is 4.79 Å². The molecule has 0 spiro atoms. The Bertz CT molecular complexity index is 1330. The Labute approximate surface area is 219 Å². The topological polar surface area (TPSA) is 81.7 Å². The average molecular weight is 526 g/mol. The number of amides is 1. The van der Waals surface area contributed by atoms with Gasteiger partial charge in [0.1, 0.15) is 17.7 Å². The Hall–Kier alpha value is -3.59. The fraction of sp³-hybridized carbons (Fsp3) is 0.286. The molecule has 3 aromatic rings. The van der Waals surface area contributed by atoms with Crippen LogP contribution in [0.3, 0.4) is 0 Å². The zero-order valence-corrected chi connectivity index (χ0v) is 21.7. The molecule has 4 rings (SSSR count). The van der Waals surface area contributed by atoms with E-state index >= 15 is 4.39 Å². The number of rotatable bonds is 9. The molecule has 1 heterocycles. The van der Waals surface area contributed by atoms with Gasteiger partial charge in [0.15, 0.2) is 5.50 Å². The van der Waals surface area contributed by atoms with Crippen molar-refractivity contribution in [2.45, 2.75) is 49.5 Å². The minimum atomic E-state index is -1.16. The Morgan fingerprint density at radius 1 is 1.05 bits per heavy atom. The fourth-order valence-corrected chi connectivity index (χ4v) is 5.47. The smallest absolute Gasteiger partial charge is 0.326 e. The molecule has 2 unspecified atom stereocenters. The number of anilines is 2. The molecule has 0 aromatic heterocycles. The third-order valence-corrected chi connectivity index (χ3v) is 7.57. The summed E-state index contributed by atoms with van der Waals surface area (Å²) < 4.78 is 29.9. The Morgan fingerprint density at radius 2 is 1.76 bits per heavy atom. The van der Waals surface area contributed by atoms with Gasteiger partial charge in [-0.15, -0.1) is 0 Å². The Kier molecular flexibility index (Phi) is 8.02. The molecule has 194 valence electrons. The molecule has 0 aliphatic carbocycles. The molecule has 9 heteroatoms. The zero-order valence-electron chi connectivity index (χ0n) is 20.8. The number of benzene rings is 3. The lowest BCUT2D eigenvalue weighted by molar-refractivity contribution is -0.139. The van der Waals surface area contributed by atoms with Crippen LogP contribution in [-0.4, -0.2) is 35.6 Å². The van der Waals surface area contributed by atoms with Gasteiger partial charge >= 0.3 is 5.97 Å². The lowest BCUT2D eigenvalue weighted by atomic mass is 10.0. The Morgan fingerprint density at radius 3 is 2.41 bits per heavy atom. The molecule has 1 amide bonds. The number of carboxylic acids is 1. The van der Waals surface area contributed by atoms with Crippen molar-refractivity contribution in [3.63, 3.8) is 0 Å². The second kappa shape index (κ2) is 11.2. The van der Waals surface area contributed by atoms with E-state index in [2.05, 4.69) is 16.7 Å². The molecule has 0 saturated carbocycles. The lowest BCUT2D eigenvalue weighted by Gasteiger charge is -2.23. The largest absolute Gasteiger partial charge is 0.480 e. The number of aryl methyl sites for hydroxylation is 1. The Balaban J connectivity index is 1.47. The summed E-state index contributed by atoms with van der Waals surface area (Å²) in [6.07, 6.45) is 1.66. The van der Waals surface area contributed by atoms with Crippen molar-refractivity contribution in [2.24, 2.45) is 0 Å². The van der Waals surface area contributed by atoms with E-state index < -0.39 is 29.6 Å². The van der Waals surface area contributed by atoms with E-state index in [1.807, 2.05) is 37.9 Å². The van der Waals surface area contributed by atoms with E-state index in [0.717, 1.165) is 28.6 Å². The number of nitrogens with one attached hydrogen (secondary N) is 2. The van der Waals surface area contributed by atoms with Crippen LogP contribution in [-0.2, 0) is 4.79 Å². The highest BCUT2D eigenvalue weighted by molar-refractivity contribution is 8.00. The summed E-state index contributed by atoms with van der Waals surface area (Å²) in [6, 6.07) is 13.7. The first-order valence-corrected chi connectivity index (χ1v) is 13.0. The molecule has 0 saturated heterocycles. The number of hydrogen-bond donors (Lipinski definition) is 3. The number of halogens is 2. The van der Waals surface area contributed by atoms with E-state index in [-0.39, 0.29) is 17.5 Å². The quantitative estimate of drug-likeness (QED) is 0.306. The van der Waals surface area contributed by atoms with E-state index in [4.69, 9.17) is 0 Å². The number of carbonyl (C=O) groups excluding carboxylic acids is 1. The molecular weight excluding hydrogens is 496 g/mol. The maximum Gasteiger partial charge on any atom is 0.326 e. The summed E-state index contributed by atoms with van der Waals surface area (Å²) in [5, 5.41) is 14.9. The van der Waals surface area contributed by atoms with E-state index in [1.165, 1.54) is 18.2 Å². The number of aliphatic carboxylic acids is 1. The predicted octanol–water partition coefficient (Wildman–Crippen LogP) is 6.25. The normalized spacial score (nSPS) is 15.3. The summed E-state index contributed by atoms with van der Waals surface area (Å²) >= 11 is 1.60. The molecule has 1 aliphatic rings. The minimum absolute atomic E-state index is 0.181. The van der Waals surface area contributed by atoms with Crippen molar-refractivity contribution < 1.29 is 23.5 Å². The van der Waals surface area contributed by atoms with Crippen LogP contribution in [0, 0.1) is 18.6 Å². The van der Waals surface area contributed by atoms with Crippen LogP contribution in [0.1, 0.15) is 42.1 Å². The van der Waals surface area contributed by atoms with Gasteiger partial charge in [-0.25, -0.2) is 13.6 Å². The van der Waals surface area contributed by atoms with Gasteiger partial charge in [0, 0.05) is 11.9 Å². The maximum absolute atomic E-state index is 15.0.